The number of carboxylic acids is 1. The van der Waals surface area contributed by atoms with Crippen LogP contribution in [-0.4, -0.2) is 35.0 Å². The van der Waals surface area contributed by atoms with Gasteiger partial charge in [0.25, 0.3) is 5.91 Å². The lowest BCUT2D eigenvalue weighted by molar-refractivity contribution is -0.150. The van der Waals surface area contributed by atoms with Gasteiger partial charge in [-0.25, -0.2) is 0 Å². The van der Waals surface area contributed by atoms with Crippen molar-refractivity contribution in [2.45, 2.75) is 27.2 Å². The van der Waals surface area contributed by atoms with E-state index in [1.54, 1.807) is 17.0 Å². The number of amides is 1. The second-order valence-corrected chi connectivity index (χ2v) is 6.16. The lowest BCUT2D eigenvalue weighted by Gasteiger charge is -2.28. The van der Waals surface area contributed by atoms with E-state index in [2.05, 4.69) is 0 Å². The molecule has 3 N–H and O–H groups in total. The fourth-order valence-electron chi connectivity index (χ4n) is 2.86. The molecule has 1 aliphatic rings. The van der Waals surface area contributed by atoms with Crippen molar-refractivity contribution < 1.29 is 14.7 Å². The molecule has 1 fully saturated rings. The highest BCUT2D eigenvalue weighted by Crippen LogP contribution is 2.38. The Morgan fingerprint density at radius 3 is 2.52 bits per heavy atom. The van der Waals surface area contributed by atoms with Crippen molar-refractivity contribution in [2.24, 2.45) is 11.3 Å². The molecular weight excluding hydrogens is 268 g/mol. The van der Waals surface area contributed by atoms with Gasteiger partial charge < -0.3 is 15.7 Å². The standard InChI is InChI=1S/C16H22N2O3/c1-10(2)16(15(20)21)6-7-18(9-16)14(19)12-5-4-11(3)13(17)8-12/h4-5,8,10H,6-7,9,17H2,1-3H3,(H,20,21). The zero-order valence-electron chi connectivity index (χ0n) is 12.7. The number of benzene rings is 1. The minimum Gasteiger partial charge on any atom is -0.481 e. The second-order valence-electron chi connectivity index (χ2n) is 6.16. The van der Waals surface area contributed by atoms with Gasteiger partial charge in [0, 0.05) is 24.3 Å². The summed E-state index contributed by atoms with van der Waals surface area (Å²) in [5, 5.41) is 9.53. The zero-order chi connectivity index (χ0) is 15.8. The van der Waals surface area contributed by atoms with Crippen molar-refractivity contribution in [3.8, 4) is 0 Å². The molecule has 21 heavy (non-hydrogen) atoms. The predicted octanol–water partition coefficient (Wildman–Crippen LogP) is 2.15. The van der Waals surface area contributed by atoms with E-state index in [4.69, 9.17) is 5.73 Å². The summed E-state index contributed by atoms with van der Waals surface area (Å²) in [7, 11) is 0. The van der Waals surface area contributed by atoms with Crippen LogP contribution >= 0.6 is 0 Å². The summed E-state index contributed by atoms with van der Waals surface area (Å²) in [6, 6.07) is 5.21. The number of hydrogen-bond donors (Lipinski definition) is 2. The Morgan fingerprint density at radius 1 is 1.38 bits per heavy atom. The molecule has 1 aromatic rings. The first-order valence-electron chi connectivity index (χ1n) is 7.17. The quantitative estimate of drug-likeness (QED) is 0.835. The molecule has 1 amide bonds. The summed E-state index contributed by atoms with van der Waals surface area (Å²) in [6.07, 6.45) is 0.493. The summed E-state index contributed by atoms with van der Waals surface area (Å²) < 4.78 is 0. The van der Waals surface area contributed by atoms with Gasteiger partial charge in [0.05, 0.1) is 5.41 Å². The smallest absolute Gasteiger partial charge is 0.311 e. The summed E-state index contributed by atoms with van der Waals surface area (Å²) >= 11 is 0. The van der Waals surface area contributed by atoms with Crippen molar-refractivity contribution >= 4 is 17.6 Å². The molecule has 0 saturated carbocycles. The van der Waals surface area contributed by atoms with E-state index in [9.17, 15) is 14.7 Å². The molecule has 5 heteroatoms. The molecule has 1 aromatic carbocycles. The normalized spacial score (nSPS) is 21.8. The molecule has 0 bridgehead atoms. The predicted molar refractivity (Wildman–Crippen MR) is 81.0 cm³/mol. The van der Waals surface area contributed by atoms with Gasteiger partial charge in [0.15, 0.2) is 0 Å². The number of carboxylic acid groups (broad SMARTS) is 1. The molecule has 1 saturated heterocycles. The second kappa shape index (κ2) is 5.39. The number of likely N-dealkylation sites (tertiary alicyclic amines) is 1. The van der Waals surface area contributed by atoms with Gasteiger partial charge in [-0.2, -0.15) is 0 Å². The van der Waals surface area contributed by atoms with Crippen LogP contribution in [0.3, 0.4) is 0 Å². The van der Waals surface area contributed by atoms with Crippen LogP contribution in [0.25, 0.3) is 0 Å². The van der Waals surface area contributed by atoms with Gasteiger partial charge in [-0.1, -0.05) is 19.9 Å². The van der Waals surface area contributed by atoms with Gasteiger partial charge in [-0.05, 0) is 37.0 Å². The van der Waals surface area contributed by atoms with Crippen LogP contribution in [0.4, 0.5) is 5.69 Å². The Bertz CT molecular complexity index is 583. The number of carbonyl (C=O) groups is 2. The lowest BCUT2D eigenvalue weighted by atomic mass is 9.76. The first-order valence-corrected chi connectivity index (χ1v) is 7.17. The number of aryl methyl sites for hydroxylation is 1. The maximum atomic E-state index is 12.5. The van der Waals surface area contributed by atoms with Crippen molar-refractivity contribution in [3.05, 3.63) is 29.3 Å². The highest BCUT2D eigenvalue weighted by molar-refractivity contribution is 5.96. The molecule has 0 radical (unpaired) electrons. The number of carbonyl (C=O) groups excluding carboxylic acids is 1. The van der Waals surface area contributed by atoms with Gasteiger partial charge in [0.1, 0.15) is 0 Å². The Morgan fingerprint density at radius 2 is 2.05 bits per heavy atom. The number of nitrogens with zero attached hydrogens (tertiary/aromatic N) is 1. The highest BCUT2D eigenvalue weighted by Gasteiger charge is 2.48. The van der Waals surface area contributed by atoms with E-state index in [0.29, 0.717) is 24.2 Å². The highest BCUT2D eigenvalue weighted by atomic mass is 16.4. The number of rotatable bonds is 3. The molecule has 2 rings (SSSR count). The number of hydrogen-bond acceptors (Lipinski definition) is 3. The fraction of sp³-hybridized carbons (Fsp3) is 0.500. The summed E-state index contributed by atoms with van der Waals surface area (Å²) in [5.41, 5.74) is 7.02. The molecule has 114 valence electrons. The van der Waals surface area contributed by atoms with Crippen LogP contribution < -0.4 is 5.73 Å². The van der Waals surface area contributed by atoms with Crippen LogP contribution in [0, 0.1) is 18.3 Å². The minimum atomic E-state index is -0.841. The Labute approximate surface area is 124 Å². The number of anilines is 1. The third-order valence-electron chi connectivity index (χ3n) is 4.65. The average molecular weight is 290 g/mol. The van der Waals surface area contributed by atoms with Gasteiger partial charge in [-0.15, -0.1) is 0 Å². The van der Waals surface area contributed by atoms with Gasteiger partial charge >= 0.3 is 5.97 Å². The monoisotopic (exact) mass is 290 g/mol. The van der Waals surface area contributed by atoms with Crippen LogP contribution in [-0.2, 0) is 4.79 Å². The molecule has 0 spiro atoms. The first kappa shape index (κ1) is 15.4. The third-order valence-corrected chi connectivity index (χ3v) is 4.65. The van der Waals surface area contributed by atoms with Crippen molar-refractivity contribution in [3.63, 3.8) is 0 Å². The SMILES string of the molecule is Cc1ccc(C(=O)N2CCC(C(=O)O)(C(C)C)C2)cc1N. The maximum Gasteiger partial charge on any atom is 0.311 e. The molecule has 1 aliphatic heterocycles. The molecule has 0 aromatic heterocycles. The third kappa shape index (κ3) is 2.60. The Balaban J connectivity index is 2.22. The maximum absolute atomic E-state index is 12.5. The zero-order valence-corrected chi connectivity index (χ0v) is 12.7. The summed E-state index contributed by atoms with van der Waals surface area (Å²) in [5.74, 6) is -0.988. The van der Waals surface area contributed by atoms with Crippen molar-refractivity contribution in [1.82, 2.24) is 4.90 Å². The van der Waals surface area contributed by atoms with Crippen LogP contribution in [0.2, 0.25) is 0 Å². The first-order chi connectivity index (χ1) is 9.78. The van der Waals surface area contributed by atoms with Crippen LogP contribution in [0.1, 0.15) is 36.2 Å². The average Bonchev–Trinajstić information content (AvgIpc) is 2.87. The van der Waals surface area contributed by atoms with Crippen LogP contribution in [0.5, 0.6) is 0 Å². The van der Waals surface area contributed by atoms with E-state index in [-0.39, 0.29) is 18.4 Å². The Hall–Kier alpha value is -2.04. The summed E-state index contributed by atoms with van der Waals surface area (Å²) in [6.45, 7) is 6.40. The van der Waals surface area contributed by atoms with Crippen LogP contribution in [0.15, 0.2) is 18.2 Å². The van der Waals surface area contributed by atoms with Crippen molar-refractivity contribution in [2.75, 3.05) is 18.8 Å². The summed E-state index contributed by atoms with van der Waals surface area (Å²) in [4.78, 5) is 25.8. The Kier molecular flexibility index (Phi) is 3.94. The van der Waals surface area contributed by atoms with E-state index in [1.807, 2.05) is 26.8 Å². The number of nitrogens with two attached hydrogens (primary N) is 1. The van der Waals surface area contributed by atoms with Crippen molar-refractivity contribution in [1.29, 1.82) is 0 Å². The largest absolute Gasteiger partial charge is 0.481 e. The lowest BCUT2D eigenvalue weighted by Crippen LogP contribution is -2.40. The van der Waals surface area contributed by atoms with E-state index < -0.39 is 11.4 Å². The van der Waals surface area contributed by atoms with Gasteiger partial charge in [-0.3, -0.25) is 9.59 Å². The molecule has 1 atom stereocenters. The molecular formula is C16H22N2O3. The van der Waals surface area contributed by atoms with E-state index >= 15 is 0 Å². The molecule has 1 heterocycles. The fourth-order valence-corrected chi connectivity index (χ4v) is 2.86. The number of aliphatic carboxylic acids is 1. The minimum absolute atomic E-state index is 0.0177. The van der Waals surface area contributed by atoms with E-state index in [1.165, 1.54) is 0 Å². The number of nitrogen functional groups attached to an aromatic ring is 1. The molecule has 0 aliphatic carbocycles. The molecule has 1 unspecified atom stereocenters. The molecule has 5 nitrogen and oxygen atoms in total. The van der Waals surface area contributed by atoms with Gasteiger partial charge in [0.2, 0.25) is 0 Å². The van der Waals surface area contributed by atoms with E-state index in [0.717, 1.165) is 5.56 Å². The topological polar surface area (TPSA) is 83.6 Å².